The number of hydrogen-bond donors (Lipinski definition) is 0. The molecule has 2 heterocycles. The molecule has 1 atom stereocenters. The molecule has 0 amide bonds. The minimum atomic E-state index is -1.57. The largest absolute Gasteiger partial charge is 0.462 e. The van der Waals surface area contributed by atoms with Crippen molar-refractivity contribution < 1.29 is 31.8 Å². The lowest BCUT2D eigenvalue weighted by molar-refractivity contribution is 0.0527. The molecule has 0 saturated carbocycles. The number of ether oxygens (including phenoxy) is 2. The fourth-order valence-corrected chi connectivity index (χ4v) is 3.76. The van der Waals surface area contributed by atoms with Gasteiger partial charge in [0.2, 0.25) is 0 Å². The maximum absolute atomic E-state index is 15.2. The maximum atomic E-state index is 15.2. The molecule has 1 aliphatic heterocycles. The van der Waals surface area contributed by atoms with Gasteiger partial charge >= 0.3 is 5.97 Å². The highest BCUT2D eigenvalue weighted by atomic mass is 19.2. The van der Waals surface area contributed by atoms with Gasteiger partial charge in [0.15, 0.2) is 23.3 Å². The van der Waals surface area contributed by atoms with Crippen molar-refractivity contribution >= 4 is 16.9 Å². The maximum Gasteiger partial charge on any atom is 0.340 e. The zero-order valence-corrected chi connectivity index (χ0v) is 16.0. The van der Waals surface area contributed by atoms with Crippen molar-refractivity contribution in [3.63, 3.8) is 0 Å². The minimum absolute atomic E-state index is 0.000591. The fourth-order valence-electron chi connectivity index (χ4n) is 3.76. The van der Waals surface area contributed by atoms with Crippen molar-refractivity contribution in [1.29, 1.82) is 0 Å². The highest BCUT2D eigenvalue weighted by Crippen LogP contribution is 2.41. The Morgan fingerprint density at radius 1 is 1.10 bits per heavy atom. The molecule has 0 spiro atoms. The van der Waals surface area contributed by atoms with Gasteiger partial charge in [0.25, 0.3) is 0 Å². The van der Waals surface area contributed by atoms with Crippen molar-refractivity contribution in [3.8, 4) is 11.1 Å². The molecule has 1 aliphatic rings. The van der Waals surface area contributed by atoms with Crippen molar-refractivity contribution in [2.75, 3.05) is 19.8 Å². The third-order valence-corrected chi connectivity index (χ3v) is 5.16. The third kappa shape index (κ3) is 3.21. The number of nitrogens with zero attached hydrogens (tertiary/aromatic N) is 1. The van der Waals surface area contributed by atoms with E-state index in [2.05, 4.69) is 4.98 Å². The van der Waals surface area contributed by atoms with Gasteiger partial charge in [-0.15, -0.1) is 0 Å². The second-order valence-corrected chi connectivity index (χ2v) is 6.89. The van der Waals surface area contributed by atoms with E-state index in [0.717, 1.165) is 6.20 Å². The normalized spacial score (nSPS) is 16.2. The summed E-state index contributed by atoms with van der Waals surface area (Å²) in [5.74, 6) is -7.82. The number of fused-ring (bicyclic) bond motifs is 1. The van der Waals surface area contributed by atoms with E-state index in [1.807, 2.05) is 0 Å². The van der Waals surface area contributed by atoms with Crippen LogP contribution >= 0.6 is 0 Å². The summed E-state index contributed by atoms with van der Waals surface area (Å²) >= 11 is 0. The van der Waals surface area contributed by atoms with E-state index in [1.165, 1.54) is 6.07 Å². The molecule has 8 heteroatoms. The van der Waals surface area contributed by atoms with Crippen LogP contribution in [0.1, 0.15) is 35.2 Å². The number of rotatable bonds is 4. The summed E-state index contributed by atoms with van der Waals surface area (Å²) in [5.41, 5.74) is -1.93. The highest BCUT2D eigenvalue weighted by Gasteiger charge is 2.34. The van der Waals surface area contributed by atoms with Crippen molar-refractivity contribution in [2.45, 2.75) is 19.3 Å². The first-order valence-electron chi connectivity index (χ1n) is 9.44. The van der Waals surface area contributed by atoms with E-state index in [0.29, 0.717) is 5.52 Å². The molecular formula is C22H17F4NO3. The number of halogens is 4. The number of carbonyl (C=O) groups excluding carboxylic acids is 1. The Hall–Kier alpha value is -3.00. The van der Waals surface area contributed by atoms with Crippen LogP contribution in [0, 0.1) is 23.3 Å². The Balaban J connectivity index is 2.05. The predicted octanol–water partition coefficient (Wildman–Crippen LogP) is 5.14. The van der Waals surface area contributed by atoms with Gasteiger partial charge in [0, 0.05) is 35.2 Å². The molecule has 1 saturated heterocycles. The highest BCUT2D eigenvalue weighted by molar-refractivity contribution is 6.07. The van der Waals surface area contributed by atoms with Crippen LogP contribution in [0.3, 0.4) is 0 Å². The number of esters is 1. The topological polar surface area (TPSA) is 48.4 Å². The molecule has 0 bridgehead atoms. The second-order valence-electron chi connectivity index (χ2n) is 6.89. The van der Waals surface area contributed by atoms with E-state index in [-0.39, 0.29) is 42.8 Å². The Labute approximate surface area is 169 Å². The lowest BCUT2D eigenvalue weighted by atomic mass is 9.90. The van der Waals surface area contributed by atoms with Crippen molar-refractivity contribution in [3.05, 3.63) is 64.9 Å². The molecule has 156 valence electrons. The Bertz CT molecular complexity index is 1110. The summed E-state index contributed by atoms with van der Waals surface area (Å²) in [7, 11) is 0. The van der Waals surface area contributed by atoms with E-state index in [1.54, 1.807) is 25.1 Å². The lowest BCUT2D eigenvalue weighted by Gasteiger charge is -2.18. The Morgan fingerprint density at radius 2 is 1.80 bits per heavy atom. The van der Waals surface area contributed by atoms with Crippen LogP contribution in [0.25, 0.3) is 22.0 Å². The molecule has 0 N–H and O–H groups in total. The van der Waals surface area contributed by atoms with E-state index in [4.69, 9.17) is 9.47 Å². The molecule has 1 unspecified atom stereocenters. The average Bonchev–Trinajstić information content (AvgIpc) is 3.27. The SMILES string of the molecule is CCOC(=O)c1cnc2ccccc2c1-c1c(F)c(F)c(C2CCOC2)c(F)c1F. The monoisotopic (exact) mass is 419 g/mol. The lowest BCUT2D eigenvalue weighted by Crippen LogP contribution is -2.13. The summed E-state index contributed by atoms with van der Waals surface area (Å²) in [6.07, 6.45) is 1.33. The van der Waals surface area contributed by atoms with Crippen LogP contribution in [-0.2, 0) is 9.47 Å². The van der Waals surface area contributed by atoms with Crippen LogP contribution in [0.5, 0.6) is 0 Å². The first-order valence-corrected chi connectivity index (χ1v) is 9.44. The average molecular weight is 419 g/mol. The first kappa shape index (κ1) is 20.3. The summed E-state index contributed by atoms with van der Waals surface area (Å²) in [4.78, 5) is 16.5. The fraction of sp³-hybridized carbons (Fsp3) is 0.273. The van der Waals surface area contributed by atoms with Crippen LogP contribution in [0.15, 0.2) is 30.5 Å². The molecule has 1 aromatic heterocycles. The molecule has 0 aliphatic carbocycles. The summed E-state index contributed by atoms with van der Waals surface area (Å²) < 4.78 is 70.4. The quantitative estimate of drug-likeness (QED) is 0.334. The second kappa shape index (κ2) is 8.02. The van der Waals surface area contributed by atoms with Crippen molar-refractivity contribution in [1.82, 2.24) is 4.98 Å². The van der Waals surface area contributed by atoms with Gasteiger partial charge in [0.05, 0.1) is 29.9 Å². The Morgan fingerprint density at radius 3 is 2.43 bits per heavy atom. The van der Waals surface area contributed by atoms with Gasteiger partial charge in [-0.2, -0.15) is 0 Å². The number of carbonyl (C=O) groups is 1. The molecule has 4 nitrogen and oxygen atoms in total. The molecule has 3 aromatic rings. The molecule has 0 radical (unpaired) electrons. The summed E-state index contributed by atoms with van der Waals surface area (Å²) in [6, 6.07) is 6.23. The van der Waals surface area contributed by atoms with Gasteiger partial charge in [0.1, 0.15) is 0 Å². The minimum Gasteiger partial charge on any atom is -0.462 e. The molecule has 4 rings (SSSR count). The van der Waals surface area contributed by atoms with Crippen LogP contribution < -0.4 is 0 Å². The van der Waals surface area contributed by atoms with Gasteiger partial charge in [-0.25, -0.2) is 22.4 Å². The standard InChI is InChI=1S/C22H17F4NO3/c1-2-30-22(28)13-9-27-14-6-4-3-5-12(14)16(13)17-20(25)18(23)15(19(24)21(17)26)11-7-8-29-10-11/h3-6,9,11H,2,7-8,10H2,1H3. The molecule has 2 aromatic carbocycles. The summed E-state index contributed by atoms with van der Waals surface area (Å²) in [6.45, 7) is 1.78. The van der Waals surface area contributed by atoms with E-state index < -0.39 is 46.3 Å². The summed E-state index contributed by atoms with van der Waals surface area (Å²) in [5, 5.41) is 0.164. The van der Waals surface area contributed by atoms with Crippen LogP contribution in [0.4, 0.5) is 17.6 Å². The van der Waals surface area contributed by atoms with Gasteiger partial charge < -0.3 is 9.47 Å². The van der Waals surface area contributed by atoms with Crippen LogP contribution in [0.2, 0.25) is 0 Å². The zero-order valence-electron chi connectivity index (χ0n) is 16.0. The van der Waals surface area contributed by atoms with E-state index >= 15 is 8.78 Å². The number of pyridine rings is 1. The van der Waals surface area contributed by atoms with Crippen LogP contribution in [-0.4, -0.2) is 30.8 Å². The smallest absolute Gasteiger partial charge is 0.340 e. The van der Waals surface area contributed by atoms with Gasteiger partial charge in [-0.3, -0.25) is 4.98 Å². The predicted molar refractivity (Wildman–Crippen MR) is 101 cm³/mol. The number of hydrogen-bond acceptors (Lipinski definition) is 4. The number of aromatic nitrogens is 1. The van der Waals surface area contributed by atoms with Crippen molar-refractivity contribution in [2.24, 2.45) is 0 Å². The third-order valence-electron chi connectivity index (χ3n) is 5.16. The van der Waals surface area contributed by atoms with Gasteiger partial charge in [-0.1, -0.05) is 18.2 Å². The van der Waals surface area contributed by atoms with E-state index in [9.17, 15) is 13.6 Å². The molecule has 30 heavy (non-hydrogen) atoms. The first-order chi connectivity index (χ1) is 14.5. The Kier molecular flexibility index (Phi) is 5.42. The number of benzene rings is 2. The molecule has 1 fully saturated rings. The zero-order chi connectivity index (χ0) is 21.4. The number of para-hydroxylation sites is 1. The molecular weight excluding hydrogens is 402 g/mol. The van der Waals surface area contributed by atoms with Gasteiger partial charge in [-0.05, 0) is 19.4 Å².